The number of nitriles is 1. The normalized spacial score (nSPS) is 12.2. The highest BCUT2D eigenvalue weighted by molar-refractivity contribution is 5.43. The van der Waals surface area contributed by atoms with Gasteiger partial charge in [-0.05, 0) is 26.0 Å². The van der Waals surface area contributed by atoms with Crippen LogP contribution in [0.15, 0.2) is 18.3 Å². The molecule has 104 valence electrons. The second-order valence-corrected chi connectivity index (χ2v) is 4.80. The predicted octanol–water partition coefficient (Wildman–Crippen LogP) is 2.89. The van der Waals surface area contributed by atoms with Crippen molar-refractivity contribution in [2.24, 2.45) is 5.92 Å². The van der Waals surface area contributed by atoms with Gasteiger partial charge in [0.2, 0.25) is 0 Å². The zero-order valence-corrected chi connectivity index (χ0v) is 12.2. The van der Waals surface area contributed by atoms with Crippen molar-refractivity contribution in [2.45, 2.75) is 33.7 Å². The molecule has 0 aliphatic heterocycles. The van der Waals surface area contributed by atoms with Crippen molar-refractivity contribution in [3.05, 3.63) is 23.9 Å². The Labute approximate surface area is 116 Å². The summed E-state index contributed by atoms with van der Waals surface area (Å²) in [6.07, 6.45) is 2.90. The molecule has 0 spiro atoms. The summed E-state index contributed by atoms with van der Waals surface area (Å²) in [4.78, 5) is 6.68. The van der Waals surface area contributed by atoms with Gasteiger partial charge in [-0.3, -0.25) is 4.90 Å². The average molecular weight is 260 g/mol. The Kier molecular flexibility index (Phi) is 6.91. The highest BCUT2D eigenvalue weighted by atomic mass is 15.1. The van der Waals surface area contributed by atoms with Gasteiger partial charge >= 0.3 is 0 Å². The quantitative estimate of drug-likeness (QED) is 0.781. The topological polar surface area (TPSA) is 52.0 Å². The molecule has 1 aromatic rings. The predicted molar refractivity (Wildman–Crippen MR) is 78.7 cm³/mol. The molecule has 0 aliphatic rings. The third kappa shape index (κ3) is 5.27. The Bertz CT molecular complexity index is 411. The maximum atomic E-state index is 8.91. The molecule has 4 nitrogen and oxygen atoms in total. The van der Waals surface area contributed by atoms with Gasteiger partial charge in [0.15, 0.2) is 0 Å². The number of rotatable bonds is 8. The van der Waals surface area contributed by atoms with E-state index in [0.29, 0.717) is 0 Å². The van der Waals surface area contributed by atoms with Crippen LogP contribution >= 0.6 is 0 Å². The number of aromatic nitrogens is 1. The molecule has 0 radical (unpaired) electrons. The molecule has 1 heterocycles. The number of pyridine rings is 1. The lowest BCUT2D eigenvalue weighted by molar-refractivity contribution is 0.260. The maximum Gasteiger partial charge on any atom is 0.130 e. The standard InChI is InChI=1S/C15H24N4/c1-4-8-17-15-14(7-6-9-18-15)12-19(5-2)11-13(3)10-16/h6-7,9,13H,4-5,8,11-12H2,1-3H3,(H,17,18). The Morgan fingerprint density at radius 2 is 2.26 bits per heavy atom. The molecule has 0 saturated carbocycles. The van der Waals surface area contributed by atoms with Crippen LogP contribution in [0, 0.1) is 17.2 Å². The van der Waals surface area contributed by atoms with Crippen molar-refractivity contribution >= 4 is 5.82 Å². The Morgan fingerprint density at radius 1 is 1.47 bits per heavy atom. The number of hydrogen-bond donors (Lipinski definition) is 1. The van der Waals surface area contributed by atoms with Gasteiger partial charge in [-0.1, -0.05) is 19.9 Å². The first-order chi connectivity index (χ1) is 9.21. The van der Waals surface area contributed by atoms with E-state index in [2.05, 4.69) is 41.2 Å². The lowest BCUT2D eigenvalue weighted by atomic mass is 10.1. The zero-order valence-electron chi connectivity index (χ0n) is 12.2. The van der Waals surface area contributed by atoms with E-state index in [9.17, 15) is 0 Å². The highest BCUT2D eigenvalue weighted by Gasteiger charge is 2.11. The third-order valence-corrected chi connectivity index (χ3v) is 3.03. The molecular weight excluding hydrogens is 236 g/mol. The number of anilines is 1. The van der Waals surface area contributed by atoms with E-state index < -0.39 is 0 Å². The van der Waals surface area contributed by atoms with Gasteiger partial charge in [0.1, 0.15) is 5.82 Å². The molecule has 1 atom stereocenters. The second kappa shape index (κ2) is 8.49. The van der Waals surface area contributed by atoms with E-state index in [1.807, 2.05) is 19.2 Å². The molecule has 1 aromatic heterocycles. The minimum absolute atomic E-state index is 0.0590. The number of nitrogens with one attached hydrogen (secondary N) is 1. The van der Waals surface area contributed by atoms with Crippen molar-refractivity contribution in [3.8, 4) is 6.07 Å². The van der Waals surface area contributed by atoms with Crippen LogP contribution in [-0.4, -0.2) is 29.5 Å². The molecule has 0 amide bonds. The average Bonchev–Trinajstić information content (AvgIpc) is 2.45. The van der Waals surface area contributed by atoms with Crippen LogP contribution in [0.3, 0.4) is 0 Å². The first-order valence-corrected chi connectivity index (χ1v) is 7.01. The largest absolute Gasteiger partial charge is 0.370 e. The van der Waals surface area contributed by atoms with Crippen molar-refractivity contribution < 1.29 is 0 Å². The summed E-state index contributed by atoms with van der Waals surface area (Å²) in [7, 11) is 0. The molecule has 0 saturated heterocycles. The SMILES string of the molecule is CCCNc1ncccc1CN(CC)CC(C)C#N. The van der Waals surface area contributed by atoms with Crippen molar-refractivity contribution in [1.82, 2.24) is 9.88 Å². The fourth-order valence-electron chi connectivity index (χ4n) is 1.94. The Morgan fingerprint density at radius 3 is 2.89 bits per heavy atom. The van der Waals surface area contributed by atoms with Crippen LogP contribution in [0.5, 0.6) is 0 Å². The van der Waals surface area contributed by atoms with Gasteiger partial charge in [-0.2, -0.15) is 5.26 Å². The molecule has 1 N–H and O–H groups in total. The number of hydrogen-bond acceptors (Lipinski definition) is 4. The van der Waals surface area contributed by atoms with Crippen molar-refractivity contribution in [1.29, 1.82) is 5.26 Å². The molecule has 1 rings (SSSR count). The van der Waals surface area contributed by atoms with E-state index >= 15 is 0 Å². The fourth-order valence-corrected chi connectivity index (χ4v) is 1.94. The monoisotopic (exact) mass is 260 g/mol. The molecule has 0 aromatic carbocycles. The molecule has 4 heteroatoms. The summed E-state index contributed by atoms with van der Waals surface area (Å²) in [5.74, 6) is 1.02. The smallest absolute Gasteiger partial charge is 0.130 e. The van der Waals surface area contributed by atoms with Crippen LogP contribution in [-0.2, 0) is 6.54 Å². The van der Waals surface area contributed by atoms with Crippen molar-refractivity contribution in [3.63, 3.8) is 0 Å². The van der Waals surface area contributed by atoms with E-state index in [1.165, 1.54) is 5.56 Å². The van der Waals surface area contributed by atoms with Gasteiger partial charge in [-0.15, -0.1) is 0 Å². The zero-order chi connectivity index (χ0) is 14.1. The van der Waals surface area contributed by atoms with E-state index in [-0.39, 0.29) is 5.92 Å². The molecular formula is C15H24N4. The van der Waals surface area contributed by atoms with Crippen LogP contribution in [0.25, 0.3) is 0 Å². The third-order valence-electron chi connectivity index (χ3n) is 3.03. The Hall–Kier alpha value is -1.60. The van der Waals surface area contributed by atoms with Gasteiger partial charge in [0.05, 0.1) is 12.0 Å². The fraction of sp³-hybridized carbons (Fsp3) is 0.600. The molecule has 0 aliphatic carbocycles. The van der Waals surface area contributed by atoms with Crippen LogP contribution in [0.4, 0.5) is 5.82 Å². The lowest BCUT2D eigenvalue weighted by Crippen LogP contribution is -2.28. The van der Waals surface area contributed by atoms with Gasteiger partial charge < -0.3 is 5.32 Å². The minimum atomic E-state index is 0.0590. The van der Waals surface area contributed by atoms with E-state index in [0.717, 1.165) is 38.4 Å². The molecule has 1 unspecified atom stereocenters. The summed E-state index contributed by atoms with van der Waals surface area (Å²) in [5.41, 5.74) is 1.20. The highest BCUT2D eigenvalue weighted by Crippen LogP contribution is 2.15. The van der Waals surface area contributed by atoms with Gasteiger partial charge in [0.25, 0.3) is 0 Å². The summed E-state index contributed by atoms with van der Waals surface area (Å²) in [6, 6.07) is 6.36. The molecule has 0 bridgehead atoms. The van der Waals surface area contributed by atoms with Gasteiger partial charge in [-0.25, -0.2) is 4.98 Å². The van der Waals surface area contributed by atoms with Gasteiger partial charge in [0, 0.05) is 31.4 Å². The minimum Gasteiger partial charge on any atom is -0.370 e. The summed E-state index contributed by atoms with van der Waals surface area (Å²) >= 11 is 0. The second-order valence-electron chi connectivity index (χ2n) is 4.80. The van der Waals surface area contributed by atoms with Crippen LogP contribution in [0.1, 0.15) is 32.8 Å². The molecule has 0 fully saturated rings. The van der Waals surface area contributed by atoms with E-state index in [4.69, 9.17) is 5.26 Å². The first-order valence-electron chi connectivity index (χ1n) is 7.01. The number of nitrogens with zero attached hydrogens (tertiary/aromatic N) is 3. The first kappa shape index (κ1) is 15.5. The summed E-state index contributed by atoms with van der Waals surface area (Å²) in [5, 5.41) is 12.3. The maximum absolute atomic E-state index is 8.91. The van der Waals surface area contributed by atoms with Crippen molar-refractivity contribution in [2.75, 3.05) is 25.0 Å². The lowest BCUT2D eigenvalue weighted by Gasteiger charge is -2.22. The van der Waals surface area contributed by atoms with E-state index in [1.54, 1.807) is 0 Å². The Balaban J connectivity index is 2.70. The van der Waals surface area contributed by atoms with Crippen LogP contribution in [0.2, 0.25) is 0 Å². The molecule has 19 heavy (non-hydrogen) atoms. The summed E-state index contributed by atoms with van der Waals surface area (Å²) in [6.45, 7) is 9.74. The van der Waals surface area contributed by atoms with Crippen LogP contribution < -0.4 is 5.32 Å². The summed E-state index contributed by atoms with van der Waals surface area (Å²) < 4.78 is 0.